The zero-order valence-corrected chi connectivity index (χ0v) is 14.7. The quantitative estimate of drug-likeness (QED) is 0.870. The number of thiophene rings is 1. The van der Waals surface area contributed by atoms with Crippen LogP contribution >= 0.6 is 11.3 Å². The Hall–Kier alpha value is -1.92. The first-order chi connectivity index (χ1) is 11.8. The lowest BCUT2D eigenvalue weighted by Gasteiger charge is -2.26. The second-order valence-corrected chi connectivity index (χ2v) is 6.82. The van der Waals surface area contributed by atoms with Gasteiger partial charge in [0.25, 0.3) is 5.91 Å². The summed E-state index contributed by atoms with van der Waals surface area (Å²) in [6.45, 7) is 4.70. The molecule has 2 aromatic heterocycles. The molecule has 6 heteroatoms. The zero-order valence-electron chi connectivity index (χ0n) is 13.9. The summed E-state index contributed by atoms with van der Waals surface area (Å²) in [6.07, 6.45) is 3.82. The van der Waals surface area contributed by atoms with E-state index in [-0.39, 0.29) is 11.9 Å². The molecule has 1 unspecified atom stereocenters. The molecule has 1 N–H and O–H groups in total. The lowest BCUT2D eigenvalue weighted by Crippen LogP contribution is -2.40. The van der Waals surface area contributed by atoms with Gasteiger partial charge in [-0.1, -0.05) is 19.4 Å². The summed E-state index contributed by atoms with van der Waals surface area (Å²) in [5.41, 5.74) is 0.630. The van der Waals surface area contributed by atoms with Gasteiger partial charge in [0.05, 0.1) is 24.8 Å². The van der Waals surface area contributed by atoms with E-state index in [0.29, 0.717) is 31.9 Å². The van der Waals surface area contributed by atoms with E-state index in [1.165, 1.54) is 4.88 Å². The van der Waals surface area contributed by atoms with Crippen LogP contribution in [0.25, 0.3) is 0 Å². The van der Waals surface area contributed by atoms with Crippen LogP contribution in [-0.2, 0) is 4.74 Å². The van der Waals surface area contributed by atoms with Crippen molar-refractivity contribution < 1.29 is 9.53 Å². The number of amides is 1. The fourth-order valence-corrected chi connectivity index (χ4v) is 3.61. The van der Waals surface area contributed by atoms with Gasteiger partial charge in [-0.25, -0.2) is 4.98 Å². The van der Waals surface area contributed by atoms with Crippen LogP contribution in [0.2, 0.25) is 0 Å². The number of hydrogen-bond donors (Lipinski definition) is 1. The first-order valence-electron chi connectivity index (χ1n) is 8.41. The number of hydrogen-bond acceptors (Lipinski definition) is 5. The molecule has 2 aromatic rings. The Kier molecular flexibility index (Phi) is 5.82. The SMILES string of the molecule is CCCC(Nc1ccc(C(=O)N2CCOCC2)cn1)c1cccs1. The van der Waals surface area contributed by atoms with Crippen LogP contribution in [0, 0.1) is 0 Å². The molecule has 1 atom stereocenters. The number of carbonyl (C=O) groups is 1. The lowest BCUT2D eigenvalue weighted by atomic mass is 10.1. The van der Waals surface area contributed by atoms with E-state index in [9.17, 15) is 4.79 Å². The molecule has 0 aromatic carbocycles. The largest absolute Gasteiger partial charge is 0.378 e. The second-order valence-electron chi connectivity index (χ2n) is 5.84. The van der Waals surface area contributed by atoms with Crippen molar-refractivity contribution in [3.05, 3.63) is 46.3 Å². The Labute approximate surface area is 146 Å². The molecule has 0 bridgehead atoms. The van der Waals surface area contributed by atoms with Crippen LogP contribution in [0.5, 0.6) is 0 Å². The fraction of sp³-hybridized carbons (Fsp3) is 0.444. The topological polar surface area (TPSA) is 54.5 Å². The second kappa shape index (κ2) is 8.26. The minimum Gasteiger partial charge on any atom is -0.378 e. The van der Waals surface area contributed by atoms with Crippen molar-refractivity contribution in [1.29, 1.82) is 0 Å². The van der Waals surface area contributed by atoms with E-state index in [2.05, 4.69) is 34.7 Å². The van der Waals surface area contributed by atoms with Gasteiger partial charge in [0, 0.05) is 24.2 Å². The Morgan fingerprint density at radius 3 is 2.83 bits per heavy atom. The molecule has 3 rings (SSSR count). The molecule has 128 valence electrons. The minimum absolute atomic E-state index is 0.0284. The van der Waals surface area contributed by atoms with Crippen molar-refractivity contribution in [3.63, 3.8) is 0 Å². The van der Waals surface area contributed by atoms with Crippen molar-refractivity contribution in [2.75, 3.05) is 31.6 Å². The number of carbonyl (C=O) groups excluding carboxylic acids is 1. The van der Waals surface area contributed by atoms with E-state index in [4.69, 9.17) is 4.74 Å². The maximum absolute atomic E-state index is 12.4. The highest BCUT2D eigenvalue weighted by Gasteiger charge is 2.19. The number of pyridine rings is 1. The van der Waals surface area contributed by atoms with Crippen LogP contribution in [0.3, 0.4) is 0 Å². The maximum Gasteiger partial charge on any atom is 0.255 e. The summed E-state index contributed by atoms with van der Waals surface area (Å²) >= 11 is 1.75. The normalized spacial score (nSPS) is 16.0. The number of ether oxygens (including phenoxy) is 1. The molecule has 3 heterocycles. The summed E-state index contributed by atoms with van der Waals surface area (Å²) in [5, 5.41) is 5.58. The number of nitrogens with one attached hydrogen (secondary N) is 1. The number of nitrogens with zero attached hydrogens (tertiary/aromatic N) is 2. The molecule has 1 saturated heterocycles. The molecule has 1 aliphatic heterocycles. The Morgan fingerprint density at radius 1 is 1.38 bits per heavy atom. The van der Waals surface area contributed by atoms with Gasteiger partial charge in [-0.2, -0.15) is 0 Å². The van der Waals surface area contributed by atoms with E-state index in [1.54, 1.807) is 17.5 Å². The molecule has 24 heavy (non-hydrogen) atoms. The average Bonchev–Trinajstić information content (AvgIpc) is 3.17. The number of morpholine rings is 1. The molecule has 5 nitrogen and oxygen atoms in total. The van der Waals surface area contributed by atoms with Crippen LogP contribution in [0.1, 0.15) is 41.0 Å². The number of rotatable bonds is 6. The van der Waals surface area contributed by atoms with Gasteiger partial charge in [-0.3, -0.25) is 4.79 Å². The Bertz CT molecular complexity index is 637. The van der Waals surface area contributed by atoms with E-state index in [1.807, 2.05) is 17.0 Å². The van der Waals surface area contributed by atoms with Crippen molar-refractivity contribution in [3.8, 4) is 0 Å². The van der Waals surface area contributed by atoms with Gasteiger partial charge in [-0.05, 0) is 30.0 Å². The minimum atomic E-state index is 0.0284. The first kappa shape index (κ1) is 16.9. The molecule has 1 aliphatic rings. The molecular formula is C18H23N3O2S. The molecule has 0 aliphatic carbocycles. The van der Waals surface area contributed by atoms with Crippen LogP contribution in [0.4, 0.5) is 5.82 Å². The highest BCUT2D eigenvalue weighted by atomic mass is 32.1. The third-order valence-electron chi connectivity index (χ3n) is 4.09. The first-order valence-corrected chi connectivity index (χ1v) is 9.29. The summed E-state index contributed by atoms with van der Waals surface area (Å²) < 4.78 is 5.29. The number of aromatic nitrogens is 1. The summed E-state index contributed by atoms with van der Waals surface area (Å²) in [6, 6.07) is 8.23. The molecule has 1 fully saturated rings. The van der Waals surface area contributed by atoms with E-state index >= 15 is 0 Å². The zero-order chi connectivity index (χ0) is 16.8. The predicted octanol–water partition coefficient (Wildman–Crippen LogP) is 3.57. The van der Waals surface area contributed by atoms with E-state index in [0.717, 1.165) is 18.7 Å². The average molecular weight is 345 g/mol. The van der Waals surface area contributed by atoms with Crippen LogP contribution < -0.4 is 5.32 Å². The highest BCUT2D eigenvalue weighted by molar-refractivity contribution is 7.10. The lowest BCUT2D eigenvalue weighted by molar-refractivity contribution is 0.0302. The molecule has 0 saturated carbocycles. The van der Waals surface area contributed by atoms with Gasteiger partial charge in [-0.15, -0.1) is 11.3 Å². The summed E-state index contributed by atoms with van der Waals surface area (Å²) in [5.74, 6) is 0.834. The van der Waals surface area contributed by atoms with Crippen molar-refractivity contribution in [2.24, 2.45) is 0 Å². The van der Waals surface area contributed by atoms with Crippen molar-refractivity contribution in [2.45, 2.75) is 25.8 Å². The van der Waals surface area contributed by atoms with Gasteiger partial charge < -0.3 is 15.0 Å². The smallest absolute Gasteiger partial charge is 0.255 e. The molecular weight excluding hydrogens is 322 g/mol. The third-order valence-corrected chi connectivity index (χ3v) is 5.08. The van der Waals surface area contributed by atoms with Gasteiger partial charge in [0.2, 0.25) is 0 Å². The Morgan fingerprint density at radius 2 is 2.21 bits per heavy atom. The summed E-state index contributed by atoms with van der Waals surface area (Å²) in [7, 11) is 0. The third kappa shape index (κ3) is 4.13. The molecule has 1 amide bonds. The van der Waals surface area contributed by atoms with Crippen molar-refractivity contribution in [1.82, 2.24) is 9.88 Å². The van der Waals surface area contributed by atoms with Gasteiger partial charge in [0.15, 0.2) is 0 Å². The Balaban J connectivity index is 1.66. The standard InChI is InChI=1S/C18H23N3O2S/c1-2-4-15(16-5-3-12-24-16)20-17-7-6-14(13-19-17)18(22)21-8-10-23-11-9-21/h3,5-7,12-13,15H,2,4,8-11H2,1H3,(H,19,20). The van der Waals surface area contributed by atoms with Crippen molar-refractivity contribution >= 4 is 23.1 Å². The van der Waals surface area contributed by atoms with Crippen LogP contribution in [-0.4, -0.2) is 42.1 Å². The highest BCUT2D eigenvalue weighted by Crippen LogP contribution is 2.26. The van der Waals surface area contributed by atoms with E-state index < -0.39 is 0 Å². The maximum atomic E-state index is 12.4. The molecule has 0 radical (unpaired) electrons. The monoisotopic (exact) mass is 345 g/mol. The van der Waals surface area contributed by atoms with Gasteiger partial charge in [0.1, 0.15) is 5.82 Å². The summed E-state index contributed by atoms with van der Waals surface area (Å²) in [4.78, 5) is 20.0. The molecule has 0 spiro atoms. The fourth-order valence-electron chi connectivity index (χ4n) is 2.80. The van der Waals surface area contributed by atoms with Gasteiger partial charge >= 0.3 is 0 Å². The predicted molar refractivity (Wildman–Crippen MR) is 96.6 cm³/mol. The number of anilines is 1. The van der Waals surface area contributed by atoms with Crippen LogP contribution in [0.15, 0.2) is 35.8 Å².